The molecule has 4 amide bonds. The van der Waals surface area contributed by atoms with Gasteiger partial charge in [0.05, 0.1) is 0 Å². The lowest BCUT2D eigenvalue weighted by molar-refractivity contribution is -0.140. The molecule has 0 radical (unpaired) electrons. The van der Waals surface area contributed by atoms with Crippen molar-refractivity contribution < 1.29 is 14.4 Å². The second-order valence-corrected chi connectivity index (χ2v) is 5.95. The second kappa shape index (κ2) is 5.42. The highest BCUT2D eigenvalue weighted by Gasteiger charge is 2.52. The standard InChI is InChI=1S/C14H23N3O3/c1-4-7-17-12(19)14(15-13(17)20)5-8-16(9-6-14)11(18)10(2)3/h10H,4-9H2,1-3H3,(H,15,20). The van der Waals surface area contributed by atoms with Crippen LogP contribution in [-0.2, 0) is 9.59 Å². The average molecular weight is 281 g/mol. The molecule has 0 aromatic rings. The summed E-state index contributed by atoms with van der Waals surface area (Å²) in [6, 6.07) is -0.291. The van der Waals surface area contributed by atoms with Gasteiger partial charge in [-0.25, -0.2) is 4.79 Å². The van der Waals surface area contributed by atoms with Crippen molar-refractivity contribution in [3.8, 4) is 0 Å². The molecule has 0 atom stereocenters. The van der Waals surface area contributed by atoms with Crippen LogP contribution >= 0.6 is 0 Å². The zero-order chi connectivity index (χ0) is 14.9. The van der Waals surface area contributed by atoms with Gasteiger partial charge in [-0.15, -0.1) is 0 Å². The van der Waals surface area contributed by atoms with Gasteiger partial charge in [-0.1, -0.05) is 20.8 Å². The van der Waals surface area contributed by atoms with Gasteiger partial charge in [0.2, 0.25) is 5.91 Å². The molecule has 112 valence electrons. The van der Waals surface area contributed by atoms with Crippen LogP contribution in [0.4, 0.5) is 4.79 Å². The van der Waals surface area contributed by atoms with Gasteiger partial charge in [-0.3, -0.25) is 14.5 Å². The van der Waals surface area contributed by atoms with E-state index in [0.717, 1.165) is 6.42 Å². The van der Waals surface area contributed by atoms with E-state index in [2.05, 4.69) is 5.32 Å². The first-order chi connectivity index (χ1) is 9.41. The molecule has 6 heteroatoms. The van der Waals surface area contributed by atoms with Crippen molar-refractivity contribution in [1.29, 1.82) is 0 Å². The summed E-state index contributed by atoms with van der Waals surface area (Å²) in [6.07, 6.45) is 1.78. The molecule has 2 aliphatic heterocycles. The third kappa shape index (κ3) is 2.39. The fourth-order valence-corrected chi connectivity index (χ4v) is 2.92. The van der Waals surface area contributed by atoms with Crippen molar-refractivity contribution in [2.75, 3.05) is 19.6 Å². The molecular weight excluding hydrogens is 258 g/mol. The summed E-state index contributed by atoms with van der Waals surface area (Å²) in [5.41, 5.74) is -0.778. The average Bonchev–Trinajstić information content (AvgIpc) is 2.64. The quantitative estimate of drug-likeness (QED) is 0.784. The van der Waals surface area contributed by atoms with E-state index >= 15 is 0 Å². The Hall–Kier alpha value is -1.59. The Bertz CT molecular complexity index is 425. The van der Waals surface area contributed by atoms with Crippen LogP contribution in [0.2, 0.25) is 0 Å². The van der Waals surface area contributed by atoms with E-state index in [-0.39, 0.29) is 23.8 Å². The number of rotatable bonds is 3. The number of hydrogen-bond acceptors (Lipinski definition) is 3. The molecule has 0 unspecified atom stereocenters. The number of urea groups is 1. The molecule has 0 aromatic heterocycles. The lowest BCUT2D eigenvalue weighted by Crippen LogP contribution is -2.56. The number of imide groups is 1. The van der Waals surface area contributed by atoms with E-state index in [1.165, 1.54) is 4.90 Å². The molecule has 6 nitrogen and oxygen atoms in total. The molecule has 2 rings (SSSR count). The first-order valence-corrected chi connectivity index (χ1v) is 7.34. The first-order valence-electron chi connectivity index (χ1n) is 7.34. The molecule has 0 aromatic carbocycles. The molecule has 2 fully saturated rings. The van der Waals surface area contributed by atoms with Gasteiger partial charge in [-0.2, -0.15) is 0 Å². The van der Waals surface area contributed by atoms with Gasteiger partial charge in [0, 0.05) is 25.6 Å². The molecule has 2 heterocycles. The number of nitrogens with one attached hydrogen (secondary N) is 1. The third-order valence-corrected chi connectivity index (χ3v) is 4.12. The Kier molecular flexibility index (Phi) is 4.01. The van der Waals surface area contributed by atoms with Crippen LogP contribution in [0.3, 0.4) is 0 Å². The predicted octanol–water partition coefficient (Wildman–Crippen LogP) is 0.965. The highest BCUT2D eigenvalue weighted by Crippen LogP contribution is 2.30. The summed E-state index contributed by atoms with van der Waals surface area (Å²) in [5, 5.41) is 2.84. The normalized spacial score (nSPS) is 21.8. The zero-order valence-electron chi connectivity index (χ0n) is 12.4. The molecule has 0 bridgehead atoms. The highest BCUT2D eigenvalue weighted by molar-refractivity contribution is 6.07. The Balaban J connectivity index is 2.04. The van der Waals surface area contributed by atoms with Crippen LogP contribution in [-0.4, -0.2) is 52.8 Å². The molecule has 2 saturated heterocycles. The Morgan fingerprint density at radius 2 is 1.90 bits per heavy atom. The van der Waals surface area contributed by atoms with Gasteiger partial charge in [0.15, 0.2) is 0 Å². The van der Waals surface area contributed by atoms with Crippen molar-refractivity contribution in [3.63, 3.8) is 0 Å². The van der Waals surface area contributed by atoms with Crippen LogP contribution in [0.5, 0.6) is 0 Å². The summed E-state index contributed by atoms with van der Waals surface area (Å²) in [5.74, 6) is -0.0439. The number of amides is 4. The maximum Gasteiger partial charge on any atom is 0.325 e. The van der Waals surface area contributed by atoms with Gasteiger partial charge >= 0.3 is 6.03 Å². The number of carbonyl (C=O) groups excluding carboxylic acids is 3. The topological polar surface area (TPSA) is 69.7 Å². The fraction of sp³-hybridized carbons (Fsp3) is 0.786. The van der Waals surface area contributed by atoms with E-state index in [9.17, 15) is 14.4 Å². The minimum absolute atomic E-state index is 0.0329. The van der Waals surface area contributed by atoms with Crippen molar-refractivity contribution >= 4 is 17.8 Å². The Labute approximate surface area is 119 Å². The summed E-state index contributed by atoms with van der Waals surface area (Å²) >= 11 is 0. The van der Waals surface area contributed by atoms with Gasteiger partial charge < -0.3 is 10.2 Å². The van der Waals surface area contributed by atoms with Crippen LogP contribution in [0.15, 0.2) is 0 Å². The van der Waals surface area contributed by atoms with E-state index in [0.29, 0.717) is 32.5 Å². The summed E-state index contributed by atoms with van der Waals surface area (Å²) in [4.78, 5) is 39.4. The molecule has 0 saturated carbocycles. The van der Waals surface area contributed by atoms with E-state index in [1.54, 1.807) is 4.90 Å². The van der Waals surface area contributed by atoms with Crippen LogP contribution < -0.4 is 5.32 Å². The first kappa shape index (κ1) is 14.8. The molecule has 20 heavy (non-hydrogen) atoms. The summed E-state index contributed by atoms with van der Waals surface area (Å²) in [7, 11) is 0. The minimum atomic E-state index is -0.778. The lowest BCUT2D eigenvalue weighted by Gasteiger charge is -2.38. The molecular formula is C14H23N3O3. The number of carbonyl (C=O) groups is 3. The van der Waals surface area contributed by atoms with Crippen molar-refractivity contribution in [2.24, 2.45) is 5.92 Å². The number of hydrogen-bond donors (Lipinski definition) is 1. The van der Waals surface area contributed by atoms with Crippen molar-refractivity contribution in [1.82, 2.24) is 15.1 Å². The number of piperidine rings is 1. The second-order valence-electron chi connectivity index (χ2n) is 5.95. The van der Waals surface area contributed by atoms with Crippen molar-refractivity contribution in [3.05, 3.63) is 0 Å². The van der Waals surface area contributed by atoms with Crippen molar-refractivity contribution in [2.45, 2.75) is 45.6 Å². The van der Waals surface area contributed by atoms with Crippen LogP contribution in [0.25, 0.3) is 0 Å². The monoisotopic (exact) mass is 281 g/mol. The summed E-state index contributed by atoms with van der Waals surface area (Å²) < 4.78 is 0. The smallest absolute Gasteiger partial charge is 0.325 e. The maximum atomic E-state index is 12.4. The number of nitrogens with zero attached hydrogens (tertiary/aromatic N) is 2. The Morgan fingerprint density at radius 3 is 2.40 bits per heavy atom. The highest BCUT2D eigenvalue weighted by atomic mass is 16.2. The van der Waals surface area contributed by atoms with Gasteiger partial charge in [-0.05, 0) is 19.3 Å². The minimum Gasteiger partial charge on any atom is -0.342 e. The molecule has 2 aliphatic rings. The molecule has 1 spiro atoms. The van der Waals surface area contributed by atoms with Crippen LogP contribution in [0, 0.1) is 5.92 Å². The fourth-order valence-electron chi connectivity index (χ4n) is 2.92. The van der Waals surface area contributed by atoms with E-state index in [4.69, 9.17) is 0 Å². The predicted molar refractivity (Wildman–Crippen MR) is 73.9 cm³/mol. The third-order valence-electron chi connectivity index (χ3n) is 4.12. The van der Waals surface area contributed by atoms with E-state index < -0.39 is 5.54 Å². The van der Waals surface area contributed by atoms with Gasteiger partial charge in [0.1, 0.15) is 5.54 Å². The Morgan fingerprint density at radius 1 is 1.30 bits per heavy atom. The maximum absolute atomic E-state index is 12.4. The van der Waals surface area contributed by atoms with Gasteiger partial charge in [0.25, 0.3) is 5.91 Å². The summed E-state index contributed by atoms with van der Waals surface area (Å²) in [6.45, 7) is 7.21. The SMILES string of the molecule is CCCN1C(=O)NC2(CCN(C(=O)C(C)C)CC2)C1=O. The van der Waals surface area contributed by atoms with E-state index in [1.807, 2.05) is 20.8 Å². The number of likely N-dealkylation sites (tertiary alicyclic amines) is 1. The zero-order valence-corrected chi connectivity index (χ0v) is 12.4. The lowest BCUT2D eigenvalue weighted by atomic mass is 9.87. The molecule has 1 N–H and O–H groups in total. The molecule has 0 aliphatic carbocycles. The largest absolute Gasteiger partial charge is 0.342 e. The van der Waals surface area contributed by atoms with Crippen LogP contribution in [0.1, 0.15) is 40.0 Å².